The van der Waals surface area contributed by atoms with Gasteiger partial charge < -0.3 is 10.6 Å². The highest BCUT2D eigenvalue weighted by molar-refractivity contribution is 6.33. The van der Waals surface area contributed by atoms with Gasteiger partial charge in [0.25, 0.3) is 5.91 Å². The van der Waals surface area contributed by atoms with Crippen molar-refractivity contribution >= 4 is 34.9 Å². The lowest BCUT2D eigenvalue weighted by atomic mass is 10.2. The maximum atomic E-state index is 11.8. The van der Waals surface area contributed by atoms with Crippen LogP contribution in [0.3, 0.4) is 0 Å². The van der Waals surface area contributed by atoms with E-state index < -0.39 is 0 Å². The molecule has 6 nitrogen and oxygen atoms in total. The highest BCUT2D eigenvalue weighted by atomic mass is 35.5. The van der Waals surface area contributed by atoms with Crippen molar-refractivity contribution in [2.24, 2.45) is 0 Å². The average molecular weight is 326 g/mol. The molecule has 2 aromatic rings. The number of hydrogen-bond donors (Lipinski definition) is 2. The second-order valence-corrected chi connectivity index (χ2v) is 4.85. The van der Waals surface area contributed by atoms with E-state index in [4.69, 9.17) is 23.2 Å². The summed E-state index contributed by atoms with van der Waals surface area (Å²) in [7, 11) is 0. The van der Waals surface area contributed by atoms with Crippen molar-refractivity contribution in [1.82, 2.24) is 20.3 Å². The lowest BCUT2D eigenvalue weighted by molar-refractivity contribution is 0.0953. The zero-order valence-electron chi connectivity index (χ0n) is 11.0. The third-order valence-electron chi connectivity index (χ3n) is 2.59. The molecule has 110 valence electrons. The molecule has 0 aliphatic heterocycles. The lowest BCUT2D eigenvalue weighted by Crippen LogP contribution is -2.25. The smallest absolute Gasteiger partial charge is 0.251 e. The predicted octanol–water partition coefficient (Wildman–Crippen LogP) is 2.41. The number of nitrogens with one attached hydrogen (secondary N) is 2. The van der Waals surface area contributed by atoms with Gasteiger partial charge in [0.15, 0.2) is 0 Å². The Bertz CT molecular complexity index is 609. The summed E-state index contributed by atoms with van der Waals surface area (Å²) in [6.45, 7) is 1.13. The zero-order chi connectivity index (χ0) is 15.1. The average Bonchev–Trinajstić information content (AvgIpc) is 2.51. The van der Waals surface area contributed by atoms with Gasteiger partial charge in [-0.1, -0.05) is 11.6 Å². The van der Waals surface area contributed by atoms with E-state index in [1.165, 1.54) is 6.20 Å². The first kappa shape index (κ1) is 15.5. The molecule has 0 atom stereocenters. The van der Waals surface area contributed by atoms with Crippen LogP contribution in [0.25, 0.3) is 0 Å². The number of amides is 1. The molecule has 8 heteroatoms. The molecule has 21 heavy (non-hydrogen) atoms. The summed E-state index contributed by atoms with van der Waals surface area (Å²) in [5.74, 6) is 0.359. The molecule has 2 N–H and O–H groups in total. The molecular formula is C13H13Cl2N5O. The van der Waals surface area contributed by atoms with Crippen molar-refractivity contribution in [3.63, 3.8) is 0 Å². The summed E-state index contributed by atoms with van der Waals surface area (Å²) in [6, 6.07) is 3.33. The third-order valence-corrected chi connectivity index (χ3v) is 3.05. The number of hydrogen-bond acceptors (Lipinski definition) is 5. The fraction of sp³-hybridized carbons (Fsp3) is 0.231. The Morgan fingerprint density at radius 1 is 1.19 bits per heavy atom. The summed E-state index contributed by atoms with van der Waals surface area (Å²) in [4.78, 5) is 23.4. The zero-order valence-corrected chi connectivity index (χ0v) is 12.5. The summed E-state index contributed by atoms with van der Waals surface area (Å²) in [5, 5.41) is 6.39. The molecule has 0 bridgehead atoms. The molecule has 0 aliphatic carbocycles. The van der Waals surface area contributed by atoms with E-state index in [9.17, 15) is 4.79 Å². The Kier molecular flexibility index (Phi) is 5.71. The Hall–Kier alpha value is -1.92. The largest absolute Gasteiger partial charge is 0.369 e. The van der Waals surface area contributed by atoms with Crippen LogP contribution in [0, 0.1) is 0 Å². The van der Waals surface area contributed by atoms with Crippen LogP contribution in [-0.2, 0) is 0 Å². The van der Waals surface area contributed by atoms with Crippen LogP contribution >= 0.6 is 23.2 Å². The Morgan fingerprint density at radius 3 is 2.71 bits per heavy atom. The number of nitrogens with zero attached hydrogens (tertiary/aromatic N) is 3. The van der Waals surface area contributed by atoms with Crippen LogP contribution < -0.4 is 10.6 Å². The van der Waals surface area contributed by atoms with Gasteiger partial charge >= 0.3 is 0 Å². The maximum absolute atomic E-state index is 11.8. The first-order chi connectivity index (χ1) is 10.2. The number of carbonyl (C=O) groups is 1. The molecule has 0 unspecified atom stereocenters. The van der Waals surface area contributed by atoms with E-state index in [-0.39, 0.29) is 11.2 Å². The molecular weight excluding hydrogens is 313 g/mol. The summed E-state index contributed by atoms with van der Waals surface area (Å²) >= 11 is 11.6. The SMILES string of the molecule is O=C(NCCCNc1nc(Cl)ncc1Cl)c1ccncc1. The van der Waals surface area contributed by atoms with Crippen molar-refractivity contribution < 1.29 is 4.79 Å². The molecule has 2 heterocycles. The van der Waals surface area contributed by atoms with Crippen LogP contribution in [0.2, 0.25) is 10.3 Å². The van der Waals surface area contributed by atoms with Crippen LogP contribution in [0.15, 0.2) is 30.7 Å². The Morgan fingerprint density at radius 2 is 1.95 bits per heavy atom. The first-order valence-electron chi connectivity index (χ1n) is 6.27. The highest BCUT2D eigenvalue weighted by Gasteiger charge is 2.05. The third kappa shape index (κ3) is 4.84. The van der Waals surface area contributed by atoms with Gasteiger partial charge in [0, 0.05) is 31.0 Å². The second kappa shape index (κ2) is 7.75. The standard InChI is InChI=1S/C13H13Cl2N5O/c14-10-8-19-13(15)20-11(10)17-4-1-5-18-12(21)9-2-6-16-7-3-9/h2-3,6-8H,1,4-5H2,(H,18,21)(H,17,19,20). The number of carbonyl (C=O) groups excluding carboxylic acids is 1. The minimum absolute atomic E-state index is 0.125. The highest BCUT2D eigenvalue weighted by Crippen LogP contribution is 2.18. The van der Waals surface area contributed by atoms with Crippen molar-refractivity contribution in [2.45, 2.75) is 6.42 Å². The molecule has 1 amide bonds. The van der Waals surface area contributed by atoms with Gasteiger partial charge in [0.1, 0.15) is 10.8 Å². The van der Waals surface area contributed by atoms with Gasteiger partial charge in [-0.15, -0.1) is 0 Å². The molecule has 0 aromatic carbocycles. The normalized spacial score (nSPS) is 10.2. The molecule has 0 spiro atoms. The van der Waals surface area contributed by atoms with Gasteiger partial charge in [-0.3, -0.25) is 9.78 Å². The van der Waals surface area contributed by atoms with E-state index in [1.54, 1.807) is 24.5 Å². The number of halogens is 2. The van der Waals surface area contributed by atoms with Crippen LogP contribution in [-0.4, -0.2) is 33.9 Å². The van der Waals surface area contributed by atoms with E-state index in [1.807, 2.05) is 0 Å². The molecule has 0 saturated carbocycles. The number of pyridine rings is 1. The molecule has 0 radical (unpaired) electrons. The minimum Gasteiger partial charge on any atom is -0.369 e. The maximum Gasteiger partial charge on any atom is 0.251 e. The number of aromatic nitrogens is 3. The summed E-state index contributed by atoms with van der Waals surface area (Å²) < 4.78 is 0. The number of rotatable bonds is 6. The second-order valence-electron chi connectivity index (χ2n) is 4.11. The number of anilines is 1. The van der Waals surface area contributed by atoms with Crippen molar-refractivity contribution in [3.8, 4) is 0 Å². The van der Waals surface area contributed by atoms with Crippen molar-refractivity contribution in [3.05, 3.63) is 46.6 Å². The monoisotopic (exact) mass is 325 g/mol. The van der Waals surface area contributed by atoms with Gasteiger partial charge in [0.2, 0.25) is 5.28 Å². The Labute approximate surface area is 131 Å². The van der Waals surface area contributed by atoms with E-state index >= 15 is 0 Å². The first-order valence-corrected chi connectivity index (χ1v) is 7.02. The molecule has 2 aromatic heterocycles. The van der Waals surface area contributed by atoms with Crippen molar-refractivity contribution in [2.75, 3.05) is 18.4 Å². The molecule has 0 aliphatic rings. The molecule has 0 saturated heterocycles. The van der Waals surface area contributed by atoms with Gasteiger partial charge in [0.05, 0.1) is 6.20 Å². The topological polar surface area (TPSA) is 79.8 Å². The minimum atomic E-state index is -0.125. The van der Waals surface area contributed by atoms with E-state index in [0.717, 1.165) is 6.42 Å². The lowest BCUT2D eigenvalue weighted by Gasteiger charge is -2.08. The predicted molar refractivity (Wildman–Crippen MR) is 81.7 cm³/mol. The van der Waals surface area contributed by atoms with Crippen LogP contribution in [0.1, 0.15) is 16.8 Å². The quantitative estimate of drug-likeness (QED) is 0.629. The summed E-state index contributed by atoms with van der Waals surface area (Å²) in [6.07, 6.45) is 5.31. The summed E-state index contributed by atoms with van der Waals surface area (Å²) in [5.41, 5.74) is 0.587. The van der Waals surface area contributed by atoms with Crippen LogP contribution in [0.5, 0.6) is 0 Å². The van der Waals surface area contributed by atoms with Crippen molar-refractivity contribution in [1.29, 1.82) is 0 Å². The molecule has 0 fully saturated rings. The van der Waals surface area contributed by atoms with Gasteiger partial charge in [-0.05, 0) is 30.2 Å². The van der Waals surface area contributed by atoms with Gasteiger partial charge in [-0.2, -0.15) is 4.98 Å². The Balaban J connectivity index is 1.71. The van der Waals surface area contributed by atoms with E-state index in [0.29, 0.717) is 29.5 Å². The van der Waals surface area contributed by atoms with E-state index in [2.05, 4.69) is 25.6 Å². The molecule has 2 rings (SSSR count). The fourth-order valence-corrected chi connectivity index (χ4v) is 1.86. The van der Waals surface area contributed by atoms with Gasteiger partial charge in [-0.25, -0.2) is 4.98 Å². The van der Waals surface area contributed by atoms with Crippen LogP contribution in [0.4, 0.5) is 5.82 Å². The fourth-order valence-electron chi connectivity index (χ4n) is 1.57.